The van der Waals surface area contributed by atoms with Gasteiger partial charge in [-0.05, 0) is 25.2 Å². The Labute approximate surface area is 110 Å². The summed E-state index contributed by atoms with van der Waals surface area (Å²) in [6, 6.07) is 2.75. The minimum Gasteiger partial charge on any atom is -0.349 e. The molecule has 1 fully saturated rings. The summed E-state index contributed by atoms with van der Waals surface area (Å²) in [5.41, 5.74) is -0.0493. The molecular formula is C12H17N3O2S. The van der Waals surface area contributed by atoms with Gasteiger partial charge in [0.1, 0.15) is 5.69 Å². The Morgan fingerprint density at radius 2 is 2.22 bits per heavy atom. The molecule has 1 aromatic heterocycles. The Kier molecular flexibility index (Phi) is 4.06. The van der Waals surface area contributed by atoms with E-state index in [0.29, 0.717) is 6.54 Å². The van der Waals surface area contributed by atoms with Crippen LogP contribution in [0.25, 0.3) is 0 Å². The Morgan fingerprint density at radius 3 is 2.78 bits per heavy atom. The number of nitrogens with zero attached hydrogens (tertiary/aromatic N) is 1. The summed E-state index contributed by atoms with van der Waals surface area (Å²) < 4.78 is 0.178. The van der Waals surface area contributed by atoms with Crippen molar-refractivity contribution in [3.8, 4) is 0 Å². The lowest BCUT2D eigenvalue weighted by Crippen LogP contribution is -2.38. The van der Waals surface area contributed by atoms with Gasteiger partial charge in [-0.15, -0.1) is 0 Å². The van der Waals surface area contributed by atoms with Crippen molar-refractivity contribution in [3.63, 3.8) is 0 Å². The number of rotatable bonds is 4. The van der Waals surface area contributed by atoms with Crippen molar-refractivity contribution in [2.75, 3.05) is 12.8 Å². The van der Waals surface area contributed by atoms with Gasteiger partial charge in [0.05, 0.1) is 0 Å². The largest absolute Gasteiger partial charge is 0.349 e. The van der Waals surface area contributed by atoms with E-state index in [4.69, 9.17) is 0 Å². The van der Waals surface area contributed by atoms with Crippen molar-refractivity contribution in [3.05, 3.63) is 28.2 Å². The molecule has 0 atom stereocenters. The molecule has 0 radical (unpaired) electrons. The van der Waals surface area contributed by atoms with Crippen molar-refractivity contribution < 1.29 is 4.79 Å². The van der Waals surface area contributed by atoms with Gasteiger partial charge in [0.2, 0.25) is 0 Å². The van der Waals surface area contributed by atoms with Crippen LogP contribution in [0.4, 0.5) is 0 Å². The van der Waals surface area contributed by atoms with Gasteiger partial charge in [-0.3, -0.25) is 9.59 Å². The quantitative estimate of drug-likeness (QED) is 0.859. The van der Waals surface area contributed by atoms with E-state index in [1.807, 2.05) is 11.8 Å². The molecule has 5 nitrogen and oxygen atoms in total. The number of amides is 1. The molecule has 1 saturated carbocycles. The van der Waals surface area contributed by atoms with Crippen molar-refractivity contribution in [1.82, 2.24) is 15.5 Å². The van der Waals surface area contributed by atoms with Crippen LogP contribution in [-0.2, 0) is 0 Å². The van der Waals surface area contributed by atoms with Crippen LogP contribution >= 0.6 is 11.8 Å². The molecule has 98 valence electrons. The number of carbonyl (C=O) groups excluding carboxylic acids is 1. The van der Waals surface area contributed by atoms with E-state index < -0.39 is 0 Å². The van der Waals surface area contributed by atoms with E-state index in [2.05, 4.69) is 21.8 Å². The molecule has 1 amide bonds. The number of aromatic nitrogens is 2. The summed E-state index contributed by atoms with van der Waals surface area (Å²) in [6.45, 7) is 0.661. The summed E-state index contributed by atoms with van der Waals surface area (Å²) in [7, 11) is 0. The average Bonchev–Trinajstić information content (AvgIpc) is 2.86. The van der Waals surface area contributed by atoms with Crippen LogP contribution < -0.4 is 10.9 Å². The van der Waals surface area contributed by atoms with Gasteiger partial charge in [0.15, 0.2) is 0 Å². The van der Waals surface area contributed by atoms with Crippen LogP contribution in [0.1, 0.15) is 36.2 Å². The van der Waals surface area contributed by atoms with E-state index >= 15 is 0 Å². The highest BCUT2D eigenvalue weighted by atomic mass is 32.2. The first kappa shape index (κ1) is 13.1. The van der Waals surface area contributed by atoms with Crippen LogP contribution in [-0.4, -0.2) is 33.7 Å². The van der Waals surface area contributed by atoms with Crippen LogP contribution in [0.15, 0.2) is 16.9 Å². The maximum atomic E-state index is 11.9. The van der Waals surface area contributed by atoms with Gasteiger partial charge in [-0.2, -0.15) is 16.9 Å². The molecule has 0 aromatic carbocycles. The molecule has 2 N–H and O–H groups in total. The molecule has 6 heteroatoms. The number of carbonyl (C=O) groups is 1. The SMILES string of the molecule is CSC1(CNC(=O)c2ccc(=O)[nH]n2)CCCC1. The minimum atomic E-state index is -0.303. The maximum absolute atomic E-state index is 11.9. The van der Waals surface area contributed by atoms with Gasteiger partial charge in [0, 0.05) is 17.4 Å². The van der Waals surface area contributed by atoms with Gasteiger partial charge >= 0.3 is 0 Å². The zero-order valence-electron chi connectivity index (χ0n) is 10.4. The minimum absolute atomic E-state index is 0.178. The number of aromatic amines is 1. The molecular weight excluding hydrogens is 250 g/mol. The predicted octanol–water partition coefficient (Wildman–Crippen LogP) is 1.18. The third-order valence-corrected chi connectivity index (χ3v) is 4.85. The number of H-pyrrole nitrogens is 1. The summed E-state index contributed by atoms with van der Waals surface area (Å²) in [5, 5.41) is 8.88. The zero-order chi connectivity index (χ0) is 13.0. The number of thioether (sulfide) groups is 1. The highest BCUT2D eigenvalue weighted by molar-refractivity contribution is 8.00. The fraction of sp³-hybridized carbons (Fsp3) is 0.583. The first-order chi connectivity index (χ1) is 8.65. The first-order valence-electron chi connectivity index (χ1n) is 6.04. The highest BCUT2D eigenvalue weighted by Crippen LogP contribution is 2.39. The first-order valence-corrected chi connectivity index (χ1v) is 7.27. The summed E-state index contributed by atoms with van der Waals surface area (Å²) in [5.74, 6) is -0.230. The fourth-order valence-corrected chi connectivity index (χ4v) is 3.19. The summed E-state index contributed by atoms with van der Waals surface area (Å²) >= 11 is 1.83. The van der Waals surface area contributed by atoms with Crippen molar-refractivity contribution in [2.24, 2.45) is 0 Å². The number of hydrogen-bond donors (Lipinski definition) is 2. The topological polar surface area (TPSA) is 74.8 Å². The molecule has 1 heterocycles. The molecule has 1 aromatic rings. The van der Waals surface area contributed by atoms with Crippen LogP contribution in [0.5, 0.6) is 0 Å². The maximum Gasteiger partial charge on any atom is 0.271 e. The lowest BCUT2D eigenvalue weighted by atomic mass is 10.1. The Balaban J connectivity index is 1.95. The molecule has 0 saturated heterocycles. The van der Waals surface area contributed by atoms with Gasteiger partial charge in [-0.25, -0.2) is 5.10 Å². The second-order valence-corrected chi connectivity index (χ2v) is 5.86. The molecule has 1 aliphatic carbocycles. The fourth-order valence-electron chi connectivity index (χ4n) is 2.28. The standard InChI is InChI=1S/C12H17N3O2S/c1-18-12(6-2-3-7-12)8-13-11(17)9-4-5-10(16)15-14-9/h4-5H,2-3,6-8H2,1H3,(H,13,17)(H,15,16). The molecule has 0 spiro atoms. The highest BCUT2D eigenvalue weighted by Gasteiger charge is 2.33. The van der Waals surface area contributed by atoms with Crippen molar-refractivity contribution in [1.29, 1.82) is 0 Å². The van der Waals surface area contributed by atoms with E-state index in [9.17, 15) is 9.59 Å². The Bertz CT molecular complexity index is 460. The second kappa shape index (κ2) is 5.56. The van der Waals surface area contributed by atoms with E-state index in [1.54, 1.807) is 0 Å². The molecule has 1 aliphatic rings. The third-order valence-electron chi connectivity index (χ3n) is 3.43. The molecule has 0 bridgehead atoms. The van der Waals surface area contributed by atoms with Gasteiger partial charge in [0.25, 0.3) is 11.5 Å². The smallest absolute Gasteiger partial charge is 0.271 e. The molecule has 18 heavy (non-hydrogen) atoms. The average molecular weight is 267 g/mol. The second-order valence-electron chi connectivity index (χ2n) is 4.58. The van der Waals surface area contributed by atoms with E-state index in [1.165, 1.54) is 25.0 Å². The predicted molar refractivity (Wildman–Crippen MR) is 71.9 cm³/mol. The van der Waals surface area contributed by atoms with E-state index in [-0.39, 0.29) is 21.9 Å². The monoisotopic (exact) mass is 267 g/mol. The number of nitrogens with one attached hydrogen (secondary N) is 2. The van der Waals surface area contributed by atoms with Crippen LogP contribution in [0.2, 0.25) is 0 Å². The van der Waals surface area contributed by atoms with Crippen molar-refractivity contribution >= 4 is 17.7 Å². The zero-order valence-corrected chi connectivity index (χ0v) is 11.2. The Morgan fingerprint density at radius 1 is 1.50 bits per heavy atom. The lowest BCUT2D eigenvalue weighted by molar-refractivity contribution is 0.0943. The molecule has 0 unspecified atom stereocenters. The third kappa shape index (κ3) is 2.93. The number of hydrogen-bond acceptors (Lipinski definition) is 4. The normalized spacial score (nSPS) is 17.6. The van der Waals surface area contributed by atoms with Crippen LogP contribution in [0.3, 0.4) is 0 Å². The molecule has 2 rings (SSSR count). The summed E-state index contributed by atoms with van der Waals surface area (Å²) in [6.07, 6.45) is 6.85. The van der Waals surface area contributed by atoms with E-state index in [0.717, 1.165) is 12.8 Å². The van der Waals surface area contributed by atoms with Crippen molar-refractivity contribution in [2.45, 2.75) is 30.4 Å². The lowest BCUT2D eigenvalue weighted by Gasteiger charge is -2.26. The molecule has 0 aliphatic heterocycles. The van der Waals surface area contributed by atoms with Gasteiger partial charge < -0.3 is 5.32 Å². The van der Waals surface area contributed by atoms with Gasteiger partial charge in [-0.1, -0.05) is 12.8 Å². The Hall–Kier alpha value is -1.30. The summed E-state index contributed by atoms with van der Waals surface area (Å²) in [4.78, 5) is 22.7. The van der Waals surface area contributed by atoms with Crippen LogP contribution in [0, 0.1) is 0 Å².